The van der Waals surface area contributed by atoms with Gasteiger partial charge in [-0.15, -0.1) is 11.6 Å². The summed E-state index contributed by atoms with van der Waals surface area (Å²) in [6, 6.07) is 3.62. The van der Waals surface area contributed by atoms with Gasteiger partial charge in [-0.25, -0.2) is 4.79 Å². The van der Waals surface area contributed by atoms with Crippen molar-refractivity contribution < 1.29 is 14.3 Å². The molecule has 0 aliphatic rings. The van der Waals surface area contributed by atoms with Crippen LogP contribution < -0.4 is 4.74 Å². The molecule has 0 N–H and O–H groups in total. The third-order valence-electron chi connectivity index (χ3n) is 2.34. The molecule has 3 nitrogen and oxygen atoms in total. The molecule has 0 aliphatic carbocycles. The number of methoxy groups -OCH3 is 1. The Bertz CT molecular complexity index is 388. The molecule has 0 atom stereocenters. The minimum absolute atomic E-state index is 0.261. The second kappa shape index (κ2) is 5.75. The fraction of sp³-hybridized carbons (Fsp3) is 0.417. The molecule has 1 aromatic carbocycles. The van der Waals surface area contributed by atoms with E-state index in [0.717, 1.165) is 11.1 Å². The van der Waals surface area contributed by atoms with Crippen LogP contribution in [0.15, 0.2) is 12.1 Å². The van der Waals surface area contributed by atoms with Gasteiger partial charge in [-0.2, -0.15) is 0 Å². The first kappa shape index (κ1) is 12.8. The van der Waals surface area contributed by atoms with E-state index in [1.165, 1.54) is 7.11 Å². The summed E-state index contributed by atoms with van der Waals surface area (Å²) in [6.45, 7) is 4.00. The molecule has 1 aromatic rings. The number of rotatable bonds is 4. The van der Waals surface area contributed by atoms with E-state index in [1.807, 2.05) is 13.0 Å². The number of hydrogen-bond acceptors (Lipinski definition) is 3. The molecule has 0 spiro atoms. The maximum Gasteiger partial charge on any atom is 0.342 e. The first-order valence-electron chi connectivity index (χ1n) is 5.05. The average molecular weight is 243 g/mol. The summed E-state index contributed by atoms with van der Waals surface area (Å²) >= 11 is 5.85. The Morgan fingerprint density at radius 2 is 2.12 bits per heavy atom. The molecular formula is C12H15ClO3. The van der Waals surface area contributed by atoms with Crippen molar-refractivity contribution in [2.75, 3.05) is 13.7 Å². The van der Waals surface area contributed by atoms with Crippen LogP contribution in [0.1, 0.15) is 28.4 Å². The Hall–Kier alpha value is -1.22. The topological polar surface area (TPSA) is 35.5 Å². The lowest BCUT2D eigenvalue weighted by Gasteiger charge is -2.13. The number of benzene rings is 1. The fourth-order valence-electron chi connectivity index (χ4n) is 1.50. The highest BCUT2D eigenvalue weighted by Crippen LogP contribution is 2.27. The standard InChI is InChI=1S/C12H15ClO3/c1-4-16-12(14)11-9(7-13)8(2)5-6-10(11)15-3/h5-6H,4,7H2,1-3H3. The van der Waals surface area contributed by atoms with E-state index in [4.69, 9.17) is 21.1 Å². The van der Waals surface area contributed by atoms with Crippen molar-refractivity contribution in [1.29, 1.82) is 0 Å². The van der Waals surface area contributed by atoms with Crippen LogP contribution in [0, 0.1) is 6.92 Å². The van der Waals surface area contributed by atoms with Crippen molar-refractivity contribution >= 4 is 17.6 Å². The van der Waals surface area contributed by atoms with Gasteiger partial charge in [-0.3, -0.25) is 0 Å². The van der Waals surface area contributed by atoms with Gasteiger partial charge in [-0.05, 0) is 31.0 Å². The lowest BCUT2D eigenvalue weighted by Crippen LogP contribution is -2.10. The molecule has 0 aromatic heterocycles. The second-order valence-electron chi connectivity index (χ2n) is 3.29. The molecule has 0 unspecified atom stereocenters. The Kier molecular flexibility index (Phi) is 4.62. The number of carbonyl (C=O) groups is 1. The molecule has 0 bridgehead atoms. The van der Waals surface area contributed by atoms with Crippen LogP contribution in [-0.2, 0) is 10.6 Å². The van der Waals surface area contributed by atoms with E-state index >= 15 is 0 Å². The van der Waals surface area contributed by atoms with Gasteiger partial charge < -0.3 is 9.47 Å². The number of ether oxygens (including phenoxy) is 2. The van der Waals surface area contributed by atoms with E-state index in [0.29, 0.717) is 17.9 Å². The summed E-state index contributed by atoms with van der Waals surface area (Å²) in [7, 11) is 1.52. The quantitative estimate of drug-likeness (QED) is 0.602. The smallest absolute Gasteiger partial charge is 0.342 e. The van der Waals surface area contributed by atoms with Crippen LogP contribution >= 0.6 is 11.6 Å². The highest BCUT2D eigenvalue weighted by Gasteiger charge is 2.19. The van der Waals surface area contributed by atoms with Gasteiger partial charge in [0.1, 0.15) is 11.3 Å². The number of hydrogen-bond donors (Lipinski definition) is 0. The van der Waals surface area contributed by atoms with Crippen LogP contribution in [0.5, 0.6) is 5.75 Å². The van der Waals surface area contributed by atoms with Crippen molar-refractivity contribution in [2.45, 2.75) is 19.7 Å². The van der Waals surface area contributed by atoms with Gasteiger partial charge in [0.2, 0.25) is 0 Å². The summed E-state index contributed by atoms with van der Waals surface area (Å²) in [5.74, 6) is 0.371. The molecule has 1 rings (SSSR count). The molecule has 0 fully saturated rings. The summed E-state index contributed by atoms with van der Waals surface area (Å²) in [4.78, 5) is 11.8. The van der Waals surface area contributed by atoms with Crippen LogP contribution in [0.4, 0.5) is 0 Å². The van der Waals surface area contributed by atoms with E-state index < -0.39 is 5.97 Å². The van der Waals surface area contributed by atoms with Gasteiger partial charge in [0.15, 0.2) is 0 Å². The van der Waals surface area contributed by atoms with E-state index in [2.05, 4.69) is 0 Å². The highest BCUT2D eigenvalue weighted by molar-refractivity contribution is 6.18. The first-order valence-corrected chi connectivity index (χ1v) is 5.58. The lowest BCUT2D eigenvalue weighted by molar-refractivity contribution is 0.0521. The number of alkyl halides is 1. The minimum atomic E-state index is -0.390. The van der Waals surface area contributed by atoms with Gasteiger partial charge in [-0.1, -0.05) is 6.07 Å². The molecule has 0 saturated carbocycles. The summed E-state index contributed by atoms with van der Waals surface area (Å²) < 4.78 is 10.1. The summed E-state index contributed by atoms with van der Waals surface area (Å²) in [6.07, 6.45) is 0. The van der Waals surface area contributed by atoms with Crippen molar-refractivity contribution in [1.82, 2.24) is 0 Å². The fourth-order valence-corrected chi connectivity index (χ4v) is 1.84. The molecule has 0 amide bonds. The van der Waals surface area contributed by atoms with Gasteiger partial charge in [0.25, 0.3) is 0 Å². The number of aryl methyl sites for hydroxylation is 1. The Labute approximate surface area is 100 Å². The molecular weight excluding hydrogens is 228 g/mol. The third-order valence-corrected chi connectivity index (χ3v) is 2.61. The third kappa shape index (κ3) is 2.47. The Morgan fingerprint density at radius 1 is 1.44 bits per heavy atom. The Morgan fingerprint density at radius 3 is 2.62 bits per heavy atom. The van der Waals surface area contributed by atoms with Crippen molar-refractivity contribution in [3.8, 4) is 5.75 Å². The Balaban J connectivity index is 3.30. The van der Waals surface area contributed by atoms with Crippen molar-refractivity contribution in [2.24, 2.45) is 0 Å². The molecule has 16 heavy (non-hydrogen) atoms. The van der Waals surface area contributed by atoms with E-state index in [9.17, 15) is 4.79 Å². The summed E-state index contributed by atoms with van der Waals surface area (Å²) in [5.41, 5.74) is 2.15. The molecule has 0 saturated heterocycles. The SMILES string of the molecule is CCOC(=O)c1c(OC)ccc(C)c1CCl. The number of esters is 1. The largest absolute Gasteiger partial charge is 0.496 e. The maximum atomic E-state index is 11.8. The minimum Gasteiger partial charge on any atom is -0.496 e. The van der Waals surface area contributed by atoms with Crippen LogP contribution in [0.25, 0.3) is 0 Å². The normalized spacial score (nSPS) is 10.0. The van der Waals surface area contributed by atoms with Gasteiger partial charge >= 0.3 is 5.97 Å². The first-order chi connectivity index (χ1) is 7.65. The summed E-state index contributed by atoms with van der Waals surface area (Å²) in [5, 5.41) is 0. The van der Waals surface area contributed by atoms with Crippen LogP contribution in [0.2, 0.25) is 0 Å². The van der Waals surface area contributed by atoms with Crippen molar-refractivity contribution in [3.63, 3.8) is 0 Å². The average Bonchev–Trinajstić information content (AvgIpc) is 2.28. The van der Waals surface area contributed by atoms with Gasteiger partial charge in [0, 0.05) is 5.88 Å². The second-order valence-corrected chi connectivity index (χ2v) is 3.56. The van der Waals surface area contributed by atoms with Gasteiger partial charge in [0.05, 0.1) is 13.7 Å². The zero-order chi connectivity index (χ0) is 12.1. The van der Waals surface area contributed by atoms with Crippen molar-refractivity contribution in [3.05, 3.63) is 28.8 Å². The number of halogens is 1. The monoisotopic (exact) mass is 242 g/mol. The molecule has 0 heterocycles. The lowest BCUT2D eigenvalue weighted by atomic mass is 10.0. The number of carbonyl (C=O) groups excluding carboxylic acids is 1. The zero-order valence-corrected chi connectivity index (χ0v) is 10.4. The highest BCUT2D eigenvalue weighted by atomic mass is 35.5. The molecule has 0 radical (unpaired) electrons. The molecule has 88 valence electrons. The molecule has 4 heteroatoms. The van der Waals surface area contributed by atoms with E-state index in [1.54, 1.807) is 13.0 Å². The zero-order valence-electron chi connectivity index (χ0n) is 9.67. The predicted octanol–water partition coefficient (Wildman–Crippen LogP) is 2.92. The van der Waals surface area contributed by atoms with Crippen LogP contribution in [0.3, 0.4) is 0 Å². The van der Waals surface area contributed by atoms with E-state index in [-0.39, 0.29) is 5.88 Å². The molecule has 0 aliphatic heterocycles. The maximum absolute atomic E-state index is 11.8. The predicted molar refractivity (Wildman–Crippen MR) is 63.2 cm³/mol. The van der Waals surface area contributed by atoms with Crippen LogP contribution in [-0.4, -0.2) is 19.7 Å².